The van der Waals surface area contributed by atoms with Gasteiger partial charge in [0, 0.05) is 20.2 Å². The number of nitrogens with one attached hydrogen (secondary N) is 1. The second-order valence-corrected chi connectivity index (χ2v) is 8.21. The molecule has 0 fully saturated rings. The number of methoxy groups -OCH3 is 1. The van der Waals surface area contributed by atoms with Gasteiger partial charge in [0.05, 0.1) is 12.3 Å². The molecule has 0 bridgehead atoms. The van der Waals surface area contributed by atoms with Crippen molar-refractivity contribution in [2.45, 2.75) is 12.6 Å². The zero-order valence-electron chi connectivity index (χ0n) is 18.7. The highest BCUT2D eigenvalue weighted by molar-refractivity contribution is 7.09. The lowest BCUT2D eigenvalue weighted by atomic mass is 10.0. The fraction of sp³-hybridized carbons (Fsp3) is 0.217. The van der Waals surface area contributed by atoms with E-state index in [0.29, 0.717) is 22.7 Å². The SMILES string of the molecule is COCCNC(=O)[C@H](c1ccc(F)cc1)N(Cc1ccc(F)cc1)C(=O)c1snc(C(N)=O)c1N. The summed E-state index contributed by atoms with van der Waals surface area (Å²) >= 11 is 0.663. The van der Waals surface area contributed by atoms with E-state index in [9.17, 15) is 23.2 Å². The first kappa shape index (κ1) is 25.7. The van der Waals surface area contributed by atoms with Gasteiger partial charge in [-0.3, -0.25) is 14.4 Å². The summed E-state index contributed by atoms with van der Waals surface area (Å²) in [5.74, 6) is -3.19. The van der Waals surface area contributed by atoms with Crippen molar-refractivity contribution in [3.05, 3.63) is 81.9 Å². The predicted molar refractivity (Wildman–Crippen MR) is 125 cm³/mol. The number of hydrogen-bond acceptors (Lipinski definition) is 7. The smallest absolute Gasteiger partial charge is 0.270 e. The number of anilines is 1. The molecular formula is C23H23F2N5O4S. The van der Waals surface area contributed by atoms with Crippen LogP contribution in [0.2, 0.25) is 0 Å². The van der Waals surface area contributed by atoms with Crippen molar-refractivity contribution in [3.8, 4) is 0 Å². The molecule has 0 unspecified atom stereocenters. The second kappa shape index (κ2) is 11.5. The van der Waals surface area contributed by atoms with Gasteiger partial charge in [-0.15, -0.1) is 0 Å². The number of nitrogen functional groups attached to an aromatic ring is 1. The van der Waals surface area contributed by atoms with Crippen molar-refractivity contribution in [1.29, 1.82) is 0 Å². The number of halogens is 2. The van der Waals surface area contributed by atoms with Gasteiger partial charge in [0.2, 0.25) is 5.91 Å². The highest BCUT2D eigenvalue weighted by Crippen LogP contribution is 2.30. The number of primary amides is 1. The maximum atomic E-state index is 13.7. The molecule has 0 aliphatic carbocycles. The molecule has 0 aliphatic rings. The summed E-state index contributed by atoms with van der Waals surface area (Å²) < 4.78 is 36.0. The lowest BCUT2D eigenvalue weighted by molar-refractivity contribution is -0.126. The predicted octanol–water partition coefficient (Wildman–Crippen LogP) is 2.25. The van der Waals surface area contributed by atoms with Crippen molar-refractivity contribution >= 4 is 34.9 Å². The van der Waals surface area contributed by atoms with Crippen LogP contribution in [0.1, 0.15) is 37.3 Å². The van der Waals surface area contributed by atoms with Gasteiger partial charge in [0.25, 0.3) is 11.8 Å². The third kappa shape index (κ3) is 6.16. The summed E-state index contributed by atoms with van der Waals surface area (Å²) in [6.45, 7) is 0.236. The maximum Gasteiger partial charge on any atom is 0.270 e. The molecular weight excluding hydrogens is 480 g/mol. The number of amides is 3. The molecule has 5 N–H and O–H groups in total. The summed E-state index contributed by atoms with van der Waals surface area (Å²) in [6.07, 6.45) is 0. The number of nitrogens with zero attached hydrogens (tertiary/aromatic N) is 2. The molecule has 1 heterocycles. The van der Waals surface area contributed by atoms with Gasteiger partial charge < -0.3 is 26.4 Å². The number of carbonyl (C=O) groups excluding carboxylic acids is 3. The topological polar surface area (TPSA) is 141 Å². The van der Waals surface area contributed by atoms with Gasteiger partial charge in [0.1, 0.15) is 22.6 Å². The Morgan fingerprint density at radius 3 is 2.23 bits per heavy atom. The number of nitrogens with two attached hydrogens (primary N) is 2. The van der Waals surface area contributed by atoms with Crippen LogP contribution in [0.15, 0.2) is 48.5 Å². The summed E-state index contributed by atoms with van der Waals surface area (Å²) in [5.41, 5.74) is 11.6. The van der Waals surface area contributed by atoms with E-state index in [2.05, 4.69) is 9.69 Å². The summed E-state index contributed by atoms with van der Waals surface area (Å²) in [5, 5.41) is 2.69. The molecule has 0 aliphatic heterocycles. The summed E-state index contributed by atoms with van der Waals surface area (Å²) in [6, 6.07) is 9.22. The molecule has 0 spiro atoms. The first-order chi connectivity index (χ1) is 16.7. The molecule has 0 radical (unpaired) electrons. The minimum absolute atomic E-state index is 0.0993. The van der Waals surface area contributed by atoms with Crippen molar-refractivity contribution < 1.29 is 27.9 Å². The van der Waals surface area contributed by atoms with E-state index in [4.69, 9.17) is 16.2 Å². The normalized spacial score (nSPS) is 11.6. The fourth-order valence-corrected chi connectivity index (χ4v) is 4.08. The van der Waals surface area contributed by atoms with E-state index in [-0.39, 0.29) is 36.0 Å². The first-order valence-corrected chi connectivity index (χ1v) is 11.1. The van der Waals surface area contributed by atoms with E-state index in [1.807, 2.05) is 0 Å². The van der Waals surface area contributed by atoms with E-state index in [0.717, 1.165) is 12.1 Å². The van der Waals surface area contributed by atoms with Crippen LogP contribution in [0.5, 0.6) is 0 Å². The van der Waals surface area contributed by atoms with Gasteiger partial charge in [-0.05, 0) is 46.9 Å². The molecule has 9 nitrogen and oxygen atoms in total. The minimum atomic E-state index is -1.23. The number of aromatic nitrogens is 1. The molecule has 3 amide bonds. The van der Waals surface area contributed by atoms with E-state index >= 15 is 0 Å². The maximum absolute atomic E-state index is 13.7. The Morgan fingerprint density at radius 1 is 1.09 bits per heavy atom. The van der Waals surface area contributed by atoms with Crippen molar-refractivity contribution in [3.63, 3.8) is 0 Å². The third-order valence-corrected chi connectivity index (χ3v) is 5.88. The van der Waals surface area contributed by atoms with Crippen molar-refractivity contribution in [2.24, 2.45) is 5.73 Å². The van der Waals surface area contributed by atoms with Crippen LogP contribution in [0.4, 0.5) is 14.5 Å². The van der Waals surface area contributed by atoms with Crippen molar-refractivity contribution in [1.82, 2.24) is 14.6 Å². The van der Waals surface area contributed by atoms with Crippen LogP contribution in [0, 0.1) is 11.6 Å². The molecule has 3 rings (SSSR count). The molecule has 3 aromatic rings. The number of ether oxygens (including phenoxy) is 1. The minimum Gasteiger partial charge on any atom is -0.395 e. The largest absolute Gasteiger partial charge is 0.395 e. The second-order valence-electron chi connectivity index (χ2n) is 7.44. The Morgan fingerprint density at radius 2 is 1.69 bits per heavy atom. The quantitative estimate of drug-likeness (QED) is 0.363. The van der Waals surface area contributed by atoms with Crippen LogP contribution in [0.3, 0.4) is 0 Å². The summed E-state index contributed by atoms with van der Waals surface area (Å²) in [7, 11) is 1.47. The lowest BCUT2D eigenvalue weighted by Gasteiger charge is -2.31. The van der Waals surface area contributed by atoms with Gasteiger partial charge in [-0.2, -0.15) is 4.37 Å². The van der Waals surface area contributed by atoms with Crippen LogP contribution < -0.4 is 16.8 Å². The molecule has 2 aromatic carbocycles. The molecule has 0 saturated carbocycles. The molecule has 35 heavy (non-hydrogen) atoms. The number of benzene rings is 2. The Bertz CT molecular complexity index is 1200. The van der Waals surface area contributed by atoms with Crippen LogP contribution >= 0.6 is 11.5 Å². The van der Waals surface area contributed by atoms with E-state index < -0.39 is 35.4 Å². The molecule has 1 atom stereocenters. The first-order valence-electron chi connectivity index (χ1n) is 10.4. The Kier molecular flexibility index (Phi) is 8.44. The Hall–Kier alpha value is -3.90. The number of carbonyl (C=O) groups is 3. The average Bonchev–Trinajstić information content (AvgIpc) is 3.22. The van der Waals surface area contributed by atoms with Crippen LogP contribution in [-0.2, 0) is 16.1 Å². The molecule has 12 heteroatoms. The highest BCUT2D eigenvalue weighted by Gasteiger charge is 2.35. The van der Waals surface area contributed by atoms with Crippen LogP contribution in [-0.4, -0.2) is 47.3 Å². The van der Waals surface area contributed by atoms with Gasteiger partial charge in [-0.1, -0.05) is 24.3 Å². The van der Waals surface area contributed by atoms with Gasteiger partial charge >= 0.3 is 0 Å². The van der Waals surface area contributed by atoms with E-state index in [1.54, 1.807) is 0 Å². The van der Waals surface area contributed by atoms with E-state index in [1.165, 1.54) is 48.4 Å². The Balaban J connectivity index is 2.10. The van der Waals surface area contributed by atoms with Gasteiger partial charge in [-0.25, -0.2) is 8.78 Å². The Labute approximate surface area is 203 Å². The monoisotopic (exact) mass is 503 g/mol. The molecule has 0 saturated heterocycles. The zero-order valence-corrected chi connectivity index (χ0v) is 19.5. The standard InChI is InChI=1S/C23H23F2N5O4S/c1-34-11-10-28-22(32)19(14-4-8-16(25)9-5-14)30(12-13-2-6-15(24)7-3-13)23(33)20-17(26)18(21(27)31)29-35-20/h2-9,19H,10-12,26H2,1H3,(H2,27,31)(H,28,32)/t19-/m0/s1. The summed E-state index contributed by atoms with van der Waals surface area (Å²) in [4.78, 5) is 39.7. The van der Waals surface area contributed by atoms with Crippen LogP contribution in [0.25, 0.3) is 0 Å². The molecule has 1 aromatic heterocycles. The molecule has 184 valence electrons. The number of hydrogen-bond donors (Lipinski definition) is 3. The third-order valence-electron chi connectivity index (χ3n) is 5.03. The fourth-order valence-electron chi connectivity index (χ4n) is 3.32. The lowest BCUT2D eigenvalue weighted by Crippen LogP contribution is -2.44. The zero-order chi connectivity index (χ0) is 25.5. The van der Waals surface area contributed by atoms with Gasteiger partial charge in [0.15, 0.2) is 5.69 Å². The number of rotatable bonds is 10. The average molecular weight is 504 g/mol. The van der Waals surface area contributed by atoms with Crippen molar-refractivity contribution in [2.75, 3.05) is 26.0 Å². The highest BCUT2D eigenvalue weighted by atomic mass is 32.1.